The molecule has 1 fully saturated rings. The zero-order valence-electron chi connectivity index (χ0n) is 11.1. The van der Waals surface area contributed by atoms with Crippen LogP contribution in [0.5, 0.6) is 5.75 Å². The molecule has 0 radical (unpaired) electrons. The molecule has 0 atom stereocenters. The van der Waals surface area contributed by atoms with Crippen LogP contribution in [0.1, 0.15) is 23.2 Å². The number of carboxylic acid groups (broad SMARTS) is 1. The Kier molecular flexibility index (Phi) is 4.22. The number of piperidine rings is 1. The molecule has 1 aromatic rings. The number of carbonyl (C=O) groups is 2. The van der Waals surface area contributed by atoms with Crippen LogP contribution in [0.4, 0.5) is 4.39 Å². The number of rotatable bonds is 3. The maximum atomic E-state index is 13.3. The Morgan fingerprint density at radius 3 is 2.55 bits per heavy atom. The molecule has 1 N–H and O–H groups in total. The monoisotopic (exact) mass is 281 g/mol. The van der Waals surface area contributed by atoms with Gasteiger partial charge in [-0.1, -0.05) is 0 Å². The van der Waals surface area contributed by atoms with Crippen molar-refractivity contribution in [1.29, 1.82) is 0 Å². The highest BCUT2D eigenvalue weighted by Crippen LogP contribution is 2.24. The Morgan fingerprint density at radius 1 is 1.35 bits per heavy atom. The third-order valence-corrected chi connectivity index (χ3v) is 3.52. The van der Waals surface area contributed by atoms with Gasteiger partial charge in [-0.2, -0.15) is 0 Å². The number of amides is 1. The van der Waals surface area contributed by atoms with Gasteiger partial charge in [-0.3, -0.25) is 9.59 Å². The minimum Gasteiger partial charge on any atom is -0.496 e. The van der Waals surface area contributed by atoms with Crippen LogP contribution in [-0.4, -0.2) is 42.1 Å². The fourth-order valence-corrected chi connectivity index (χ4v) is 2.35. The molecule has 1 aromatic carbocycles. The molecular formula is C14H16FNO4. The first-order valence-electron chi connectivity index (χ1n) is 6.38. The van der Waals surface area contributed by atoms with E-state index in [1.54, 1.807) is 0 Å². The normalized spacial score (nSPS) is 16.0. The molecule has 1 saturated heterocycles. The average molecular weight is 281 g/mol. The van der Waals surface area contributed by atoms with E-state index < -0.39 is 17.7 Å². The number of carbonyl (C=O) groups excluding carboxylic acids is 1. The van der Waals surface area contributed by atoms with Gasteiger partial charge in [0.2, 0.25) is 0 Å². The smallest absolute Gasteiger partial charge is 0.306 e. The van der Waals surface area contributed by atoms with Gasteiger partial charge in [0.05, 0.1) is 18.6 Å². The van der Waals surface area contributed by atoms with Gasteiger partial charge in [0.15, 0.2) is 0 Å². The number of ether oxygens (including phenoxy) is 1. The maximum Gasteiger partial charge on any atom is 0.306 e. The quantitative estimate of drug-likeness (QED) is 0.917. The summed E-state index contributed by atoms with van der Waals surface area (Å²) >= 11 is 0. The Balaban J connectivity index is 2.13. The van der Waals surface area contributed by atoms with Crippen molar-refractivity contribution in [2.45, 2.75) is 12.8 Å². The lowest BCUT2D eigenvalue weighted by molar-refractivity contribution is -0.143. The lowest BCUT2D eigenvalue weighted by atomic mass is 9.96. The summed E-state index contributed by atoms with van der Waals surface area (Å²) in [5, 5.41) is 8.93. The van der Waals surface area contributed by atoms with Crippen molar-refractivity contribution < 1.29 is 23.8 Å². The van der Waals surface area contributed by atoms with Crippen molar-refractivity contribution in [3.63, 3.8) is 0 Å². The van der Waals surface area contributed by atoms with E-state index in [9.17, 15) is 14.0 Å². The van der Waals surface area contributed by atoms with E-state index in [4.69, 9.17) is 9.84 Å². The van der Waals surface area contributed by atoms with E-state index in [0.29, 0.717) is 31.7 Å². The molecule has 1 aliphatic heterocycles. The van der Waals surface area contributed by atoms with Crippen LogP contribution in [0.3, 0.4) is 0 Å². The highest BCUT2D eigenvalue weighted by atomic mass is 19.1. The minimum absolute atomic E-state index is 0.168. The highest BCUT2D eigenvalue weighted by Gasteiger charge is 2.28. The fraction of sp³-hybridized carbons (Fsp3) is 0.429. The molecule has 0 spiro atoms. The second kappa shape index (κ2) is 5.90. The summed E-state index contributed by atoms with van der Waals surface area (Å²) in [5.74, 6) is -1.76. The van der Waals surface area contributed by atoms with Gasteiger partial charge in [-0.05, 0) is 31.0 Å². The maximum absolute atomic E-state index is 13.3. The Labute approximate surface area is 116 Å². The van der Waals surface area contributed by atoms with E-state index >= 15 is 0 Å². The molecule has 20 heavy (non-hydrogen) atoms. The zero-order valence-corrected chi connectivity index (χ0v) is 11.1. The van der Waals surface area contributed by atoms with Gasteiger partial charge in [-0.15, -0.1) is 0 Å². The molecule has 5 nitrogen and oxygen atoms in total. The lowest BCUT2D eigenvalue weighted by Crippen LogP contribution is -2.40. The van der Waals surface area contributed by atoms with Crippen LogP contribution in [-0.2, 0) is 4.79 Å². The van der Waals surface area contributed by atoms with Crippen molar-refractivity contribution in [3.05, 3.63) is 29.6 Å². The topological polar surface area (TPSA) is 66.8 Å². The first-order chi connectivity index (χ1) is 9.52. The summed E-state index contributed by atoms with van der Waals surface area (Å²) in [4.78, 5) is 24.8. The summed E-state index contributed by atoms with van der Waals surface area (Å²) in [6.07, 6.45) is 0.831. The fourth-order valence-electron chi connectivity index (χ4n) is 2.35. The van der Waals surface area contributed by atoms with E-state index in [2.05, 4.69) is 0 Å². The number of carboxylic acids is 1. The summed E-state index contributed by atoms with van der Waals surface area (Å²) in [7, 11) is 1.42. The molecule has 0 aromatic heterocycles. The van der Waals surface area contributed by atoms with E-state index in [1.165, 1.54) is 24.1 Å². The first-order valence-corrected chi connectivity index (χ1v) is 6.38. The predicted molar refractivity (Wildman–Crippen MR) is 69.2 cm³/mol. The second-order valence-electron chi connectivity index (χ2n) is 4.75. The van der Waals surface area contributed by atoms with E-state index in [-0.39, 0.29) is 11.5 Å². The third-order valence-electron chi connectivity index (χ3n) is 3.52. The molecule has 2 rings (SSSR count). The number of nitrogens with zero attached hydrogens (tertiary/aromatic N) is 1. The van der Waals surface area contributed by atoms with Gasteiger partial charge >= 0.3 is 5.97 Å². The molecule has 0 aliphatic carbocycles. The Morgan fingerprint density at radius 2 is 2.00 bits per heavy atom. The van der Waals surface area contributed by atoms with Gasteiger partial charge in [0.1, 0.15) is 11.6 Å². The van der Waals surface area contributed by atoms with Crippen LogP contribution in [0.25, 0.3) is 0 Å². The molecule has 0 unspecified atom stereocenters. The van der Waals surface area contributed by atoms with Crippen LogP contribution in [0, 0.1) is 11.7 Å². The summed E-state index contributed by atoms with van der Waals surface area (Å²) in [6, 6.07) is 3.78. The minimum atomic E-state index is -0.833. The van der Waals surface area contributed by atoms with Crippen molar-refractivity contribution in [3.8, 4) is 5.75 Å². The lowest BCUT2D eigenvalue weighted by Gasteiger charge is -2.30. The Hall–Kier alpha value is -2.11. The average Bonchev–Trinajstić information content (AvgIpc) is 2.46. The number of likely N-dealkylation sites (tertiary alicyclic amines) is 1. The zero-order chi connectivity index (χ0) is 14.7. The van der Waals surface area contributed by atoms with Crippen LogP contribution >= 0.6 is 0 Å². The Bertz CT molecular complexity index is 524. The molecule has 0 bridgehead atoms. The van der Waals surface area contributed by atoms with Crippen molar-refractivity contribution in [1.82, 2.24) is 4.90 Å². The second-order valence-corrected chi connectivity index (χ2v) is 4.75. The standard InChI is InChI=1S/C14H16FNO4/c1-20-12-3-2-10(15)8-11(12)13(17)16-6-4-9(5-7-16)14(18)19/h2-3,8-9H,4-7H2,1H3,(H,18,19). The van der Waals surface area contributed by atoms with Crippen LogP contribution in [0.15, 0.2) is 18.2 Å². The number of hydrogen-bond donors (Lipinski definition) is 1. The molecule has 1 aliphatic rings. The van der Waals surface area contributed by atoms with E-state index in [1.807, 2.05) is 0 Å². The van der Waals surface area contributed by atoms with Gasteiger partial charge < -0.3 is 14.7 Å². The van der Waals surface area contributed by atoms with Crippen molar-refractivity contribution in [2.75, 3.05) is 20.2 Å². The summed E-state index contributed by atoms with van der Waals surface area (Å²) in [6.45, 7) is 0.713. The molecular weight excluding hydrogens is 265 g/mol. The molecule has 1 amide bonds. The molecule has 0 saturated carbocycles. The first kappa shape index (κ1) is 14.3. The van der Waals surface area contributed by atoms with Gasteiger partial charge in [-0.25, -0.2) is 4.39 Å². The van der Waals surface area contributed by atoms with Crippen molar-refractivity contribution in [2.24, 2.45) is 5.92 Å². The number of halogens is 1. The molecule has 108 valence electrons. The largest absolute Gasteiger partial charge is 0.496 e. The number of aliphatic carboxylic acids is 1. The van der Waals surface area contributed by atoms with E-state index in [0.717, 1.165) is 6.07 Å². The predicted octanol–water partition coefficient (Wildman–Crippen LogP) is 1.77. The van der Waals surface area contributed by atoms with Gasteiger partial charge in [0, 0.05) is 13.1 Å². The van der Waals surface area contributed by atoms with Crippen LogP contribution in [0.2, 0.25) is 0 Å². The number of benzene rings is 1. The summed E-state index contributed by atoms with van der Waals surface area (Å²) in [5.41, 5.74) is 0.168. The SMILES string of the molecule is COc1ccc(F)cc1C(=O)N1CCC(C(=O)O)CC1. The highest BCUT2D eigenvalue weighted by molar-refractivity contribution is 5.97. The summed E-state index contributed by atoms with van der Waals surface area (Å²) < 4.78 is 18.3. The molecule has 6 heteroatoms. The number of methoxy groups -OCH3 is 1. The number of hydrogen-bond acceptors (Lipinski definition) is 3. The molecule has 1 heterocycles. The third kappa shape index (κ3) is 2.89. The van der Waals surface area contributed by atoms with Crippen molar-refractivity contribution >= 4 is 11.9 Å². The van der Waals surface area contributed by atoms with Crippen LogP contribution < -0.4 is 4.74 Å². The van der Waals surface area contributed by atoms with Gasteiger partial charge in [0.25, 0.3) is 5.91 Å².